The van der Waals surface area contributed by atoms with Crippen LogP contribution in [0.15, 0.2) is 42.5 Å². The number of hydrogen-bond acceptors (Lipinski definition) is 6. The van der Waals surface area contributed by atoms with Crippen molar-refractivity contribution in [3.8, 4) is 0 Å². The molecule has 2 heterocycles. The molecule has 0 saturated carbocycles. The second kappa shape index (κ2) is 9.34. The maximum atomic E-state index is 12.6. The number of carbonyl (C=O) groups excluding carboxylic acids is 1. The van der Waals surface area contributed by atoms with E-state index in [0.717, 1.165) is 53.8 Å². The second-order valence-electron chi connectivity index (χ2n) is 7.07. The molecule has 0 unspecified atom stereocenters. The number of para-hydroxylation sites is 1. The van der Waals surface area contributed by atoms with Crippen molar-refractivity contribution in [3.05, 3.63) is 52.5 Å². The van der Waals surface area contributed by atoms with E-state index in [4.69, 9.17) is 11.6 Å². The van der Waals surface area contributed by atoms with Crippen molar-refractivity contribution in [2.24, 2.45) is 0 Å². The van der Waals surface area contributed by atoms with Gasteiger partial charge < -0.3 is 15.1 Å². The lowest BCUT2D eigenvalue weighted by atomic mass is 10.2. The molecule has 2 aromatic carbocycles. The monoisotopic (exact) mass is 446 g/mol. The van der Waals surface area contributed by atoms with Crippen LogP contribution in [0.4, 0.5) is 11.4 Å². The number of amides is 1. The van der Waals surface area contributed by atoms with Crippen molar-refractivity contribution >= 4 is 62.2 Å². The lowest BCUT2D eigenvalue weighted by Crippen LogP contribution is -2.44. The summed E-state index contributed by atoms with van der Waals surface area (Å²) in [6.45, 7) is 3.89. The number of aromatic nitrogens is 1. The molecule has 0 aliphatic carbocycles. The highest BCUT2D eigenvalue weighted by Crippen LogP contribution is 2.30. The van der Waals surface area contributed by atoms with Gasteiger partial charge in [0.2, 0.25) is 5.91 Å². The number of nitrogens with zero attached hydrogens (tertiary/aromatic N) is 3. The summed E-state index contributed by atoms with van der Waals surface area (Å²) in [6.07, 6.45) is 0. The Morgan fingerprint density at radius 3 is 2.79 bits per heavy atom. The quantitative estimate of drug-likeness (QED) is 0.600. The molecule has 1 aliphatic heterocycles. The number of rotatable bonds is 6. The Kier molecular flexibility index (Phi) is 6.60. The van der Waals surface area contributed by atoms with Gasteiger partial charge in [0.15, 0.2) is 0 Å². The lowest BCUT2D eigenvalue weighted by molar-refractivity contribution is -0.113. The first kappa shape index (κ1) is 20.5. The number of thioether (sulfide) groups is 1. The van der Waals surface area contributed by atoms with Gasteiger partial charge in [-0.05, 0) is 37.4 Å². The Morgan fingerprint density at radius 1 is 1.21 bits per heavy atom. The molecule has 1 aliphatic rings. The van der Waals surface area contributed by atoms with Gasteiger partial charge in [0.05, 0.1) is 27.3 Å². The normalized spacial score (nSPS) is 15.0. The van der Waals surface area contributed by atoms with Gasteiger partial charge in [-0.2, -0.15) is 0 Å². The van der Waals surface area contributed by atoms with Crippen molar-refractivity contribution in [1.82, 2.24) is 9.88 Å². The topological polar surface area (TPSA) is 48.5 Å². The van der Waals surface area contributed by atoms with Crippen LogP contribution < -0.4 is 10.2 Å². The maximum absolute atomic E-state index is 12.6. The number of carbonyl (C=O) groups is 1. The molecule has 1 fully saturated rings. The lowest BCUT2D eigenvalue weighted by Gasteiger charge is -2.35. The molecule has 152 valence electrons. The minimum atomic E-state index is -0.0197. The van der Waals surface area contributed by atoms with Gasteiger partial charge in [-0.3, -0.25) is 4.79 Å². The Balaban J connectivity index is 1.35. The molecule has 5 nitrogen and oxygen atoms in total. The summed E-state index contributed by atoms with van der Waals surface area (Å²) in [7, 11) is 2.13. The highest BCUT2D eigenvalue weighted by atomic mass is 35.5. The highest BCUT2D eigenvalue weighted by molar-refractivity contribution is 7.99. The van der Waals surface area contributed by atoms with E-state index in [9.17, 15) is 4.79 Å². The molecule has 4 rings (SSSR count). The maximum Gasteiger partial charge on any atom is 0.234 e. The number of hydrogen-bond donors (Lipinski definition) is 1. The van der Waals surface area contributed by atoms with Gasteiger partial charge in [-0.25, -0.2) is 4.98 Å². The Morgan fingerprint density at radius 2 is 2.00 bits per heavy atom. The summed E-state index contributed by atoms with van der Waals surface area (Å²) in [5, 5.41) is 4.73. The SMILES string of the molecule is CN1CCN(c2ccc(Cl)cc2NC(=O)CSCc2nc3ccccc3s2)CC1. The van der Waals surface area contributed by atoms with E-state index in [1.807, 2.05) is 36.4 Å². The smallest absolute Gasteiger partial charge is 0.234 e. The Bertz CT molecular complexity index is 968. The predicted octanol–water partition coefficient (Wildman–Crippen LogP) is 4.57. The number of piperazine rings is 1. The first-order valence-electron chi connectivity index (χ1n) is 9.53. The molecule has 1 amide bonds. The number of thiazole rings is 1. The highest BCUT2D eigenvalue weighted by Gasteiger charge is 2.18. The van der Waals surface area contributed by atoms with Crippen molar-refractivity contribution in [2.75, 3.05) is 49.2 Å². The van der Waals surface area contributed by atoms with Crippen molar-refractivity contribution in [1.29, 1.82) is 0 Å². The van der Waals surface area contributed by atoms with Crippen LogP contribution in [0.25, 0.3) is 10.2 Å². The molecule has 3 aromatic rings. The molecule has 1 aromatic heterocycles. The zero-order valence-electron chi connectivity index (χ0n) is 16.2. The predicted molar refractivity (Wildman–Crippen MR) is 126 cm³/mol. The van der Waals surface area contributed by atoms with Gasteiger partial charge in [-0.1, -0.05) is 23.7 Å². The summed E-state index contributed by atoms with van der Waals surface area (Å²) in [5.74, 6) is 1.09. The molecule has 0 atom stereocenters. The van der Waals surface area contributed by atoms with Gasteiger partial charge in [0, 0.05) is 37.0 Å². The molecule has 29 heavy (non-hydrogen) atoms. The van der Waals surface area contributed by atoms with Crippen molar-refractivity contribution < 1.29 is 4.79 Å². The fourth-order valence-corrected chi connectivity index (χ4v) is 5.35. The van der Waals surface area contributed by atoms with Crippen molar-refractivity contribution in [3.63, 3.8) is 0 Å². The molecule has 8 heteroatoms. The van der Waals surface area contributed by atoms with E-state index in [1.54, 1.807) is 23.1 Å². The van der Waals surface area contributed by atoms with Crippen LogP contribution in [0, 0.1) is 0 Å². The molecule has 1 saturated heterocycles. The number of benzene rings is 2. The van der Waals surface area contributed by atoms with Crippen LogP contribution >= 0.6 is 34.7 Å². The minimum absolute atomic E-state index is 0.0197. The third kappa shape index (κ3) is 5.22. The van der Waals surface area contributed by atoms with Gasteiger partial charge in [0.25, 0.3) is 0 Å². The van der Waals surface area contributed by atoms with Crippen molar-refractivity contribution in [2.45, 2.75) is 5.75 Å². The van der Waals surface area contributed by atoms with Gasteiger partial charge in [-0.15, -0.1) is 23.1 Å². The standard InChI is InChI=1S/C21H23ClN4OS2/c1-25-8-10-26(11-9-25)18-7-6-15(22)12-17(18)23-20(27)13-28-14-21-24-16-4-2-3-5-19(16)29-21/h2-7,12H,8-11,13-14H2,1H3,(H,23,27). The average molecular weight is 447 g/mol. The molecule has 0 spiro atoms. The van der Waals surface area contributed by atoms with Gasteiger partial charge in [0.1, 0.15) is 5.01 Å². The summed E-state index contributed by atoms with van der Waals surface area (Å²) < 4.78 is 1.18. The van der Waals surface area contributed by atoms with Crippen LogP contribution in [0.1, 0.15) is 5.01 Å². The first-order chi connectivity index (χ1) is 14.1. The first-order valence-corrected chi connectivity index (χ1v) is 11.9. The fraction of sp³-hybridized carbons (Fsp3) is 0.333. The van der Waals surface area contributed by atoms with Crippen LogP contribution in [0.5, 0.6) is 0 Å². The summed E-state index contributed by atoms with van der Waals surface area (Å²) >= 11 is 9.46. The minimum Gasteiger partial charge on any atom is -0.367 e. The van der Waals surface area contributed by atoms with Crippen LogP contribution in [0.2, 0.25) is 5.02 Å². The third-order valence-corrected chi connectivity index (χ3v) is 7.27. The van der Waals surface area contributed by atoms with E-state index in [-0.39, 0.29) is 5.91 Å². The van der Waals surface area contributed by atoms with E-state index in [2.05, 4.69) is 33.2 Å². The largest absolute Gasteiger partial charge is 0.367 e. The van der Waals surface area contributed by atoms with Gasteiger partial charge >= 0.3 is 0 Å². The number of fused-ring (bicyclic) bond motifs is 1. The van der Waals surface area contributed by atoms with Crippen LogP contribution in [0.3, 0.4) is 0 Å². The Labute approximate surface area is 184 Å². The number of nitrogens with one attached hydrogen (secondary N) is 1. The van der Waals surface area contributed by atoms with E-state index < -0.39 is 0 Å². The van der Waals surface area contributed by atoms with E-state index in [1.165, 1.54) is 4.70 Å². The van der Waals surface area contributed by atoms with Crippen LogP contribution in [-0.2, 0) is 10.5 Å². The molecular formula is C21H23ClN4OS2. The molecule has 0 radical (unpaired) electrons. The summed E-state index contributed by atoms with van der Waals surface area (Å²) in [6, 6.07) is 13.8. The third-order valence-electron chi connectivity index (χ3n) is 4.87. The summed E-state index contributed by atoms with van der Waals surface area (Å²) in [4.78, 5) is 21.8. The molecular weight excluding hydrogens is 424 g/mol. The van der Waals surface area contributed by atoms with Crippen LogP contribution in [-0.4, -0.2) is 54.8 Å². The Hall–Kier alpha value is -1.80. The zero-order chi connectivity index (χ0) is 20.2. The molecule has 0 bridgehead atoms. The number of anilines is 2. The fourth-order valence-electron chi connectivity index (χ4n) is 3.33. The number of likely N-dealkylation sites (N-methyl/N-ethyl adjacent to an activating group) is 1. The molecule has 1 N–H and O–H groups in total. The second-order valence-corrected chi connectivity index (χ2v) is 9.61. The zero-order valence-corrected chi connectivity index (χ0v) is 18.6. The van der Waals surface area contributed by atoms with E-state index in [0.29, 0.717) is 10.8 Å². The summed E-state index contributed by atoms with van der Waals surface area (Å²) in [5.41, 5.74) is 2.84. The average Bonchev–Trinajstić information content (AvgIpc) is 3.12. The van der Waals surface area contributed by atoms with E-state index >= 15 is 0 Å². The number of halogens is 1.